The zero-order valence-corrected chi connectivity index (χ0v) is 9.94. The van der Waals surface area contributed by atoms with Crippen molar-refractivity contribution in [3.05, 3.63) is 39.8 Å². The van der Waals surface area contributed by atoms with Gasteiger partial charge >= 0.3 is 0 Å². The van der Waals surface area contributed by atoms with E-state index in [-0.39, 0.29) is 0 Å². The SMILES string of the molecule is C=C(Br)COc1ccc(Cl)cc1CN. The topological polar surface area (TPSA) is 35.2 Å². The summed E-state index contributed by atoms with van der Waals surface area (Å²) in [7, 11) is 0. The summed E-state index contributed by atoms with van der Waals surface area (Å²) in [5.74, 6) is 0.748. The number of hydrogen-bond acceptors (Lipinski definition) is 2. The Morgan fingerprint density at radius 1 is 1.57 bits per heavy atom. The fraction of sp³-hybridized carbons (Fsp3) is 0.200. The van der Waals surface area contributed by atoms with Gasteiger partial charge in [-0.1, -0.05) is 34.1 Å². The third-order valence-electron chi connectivity index (χ3n) is 1.63. The van der Waals surface area contributed by atoms with E-state index in [9.17, 15) is 0 Å². The fourth-order valence-electron chi connectivity index (χ4n) is 1.00. The van der Waals surface area contributed by atoms with Crippen LogP contribution in [-0.2, 0) is 6.54 Å². The van der Waals surface area contributed by atoms with Crippen molar-refractivity contribution in [2.75, 3.05) is 6.61 Å². The first-order chi connectivity index (χ1) is 6.63. The molecule has 4 heteroatoms. The molecule has 0 aliphatic rings. The first kappa shape index (κ1) is 11.6. The molecule has 0 atom stereocenters. The normalized spacial score (nSPS) is 9.93. The molecule has 0 unspecified atom stereocenters. The Bertz CT molecular complexity index is 341. The van der Waals surface area contributed by atoms with Gasteiger partial charge in [-0.2, -0.15) is 0 Å². The lowest BCUT2D eigenvalue weighted by atomic mass is 10.2. The van der Waals surface area contributed by atoms with Crippen LogP contribution in [0.1, 0.15) is 5.56 Å². The minimum absolute atomic E-state index is 0.407. The highest BCUT2D eigenvalue weighted by molar-refractivity contribution is 9.11. The molecule has 1 aromatic rings. The van der Waals surface area contributed by atoms with Crippen LogP contribution >= 0.6 is 27.5 Å². The van der Waals surface area contributed by atoms with E-state index in [4.69, 9.17) is 22.1 Å². The van der Waals surface area contributed by atoms with E-state index in [0.717, 1.165) is 15.8 Å². The van der Waals surface area contributed by atoms with Gasteiger partial charge in [0.05, 0.1) is 0 Å². The summed E-state index contributed by atoms with van der Waals surface area (Å²) in [6.45, 7) is 4.51. The molecule has 1 aromatic carbocycles. The lowest BCUT2D eigenvalue weighted by molar-refractivity contribution is 0.357. The van der Waals surface area contributed by atoms with E-state index in [1.807, 2.05) is 0 Å². The van der Waals surface area contributed by atoms with Crippen molar-refractivity contribution >= 4 is 27.5 Å². The molecule has 0 saturated heterocycles. The van der Waals surface area contributed by atoms with Crippen LogP contribution in [0.5, 0.6) is 5.75 Å². The summed E-state index contributed by atoms with van der Waals surface area (Å²) in [6, 6.07) is 5.38. The number of nitrogens with two attached hydrogens (primary N) is 1. The fourth-order valence-corrected chi connectivity index (χ4v) is 1.31. The number of ether oxygens (including phenoxy) is 1. The van der Waals surface area contributed by atoms with Crippen LogP contribution in [0.15, 0.2) is 29.3 Å². The second-order valence-corrected chi connectivity index (χ2v) is 4.32. The Morgan fingerprint density at radius 2 is 2.29 bits per heavy atom. The van der Waals surface area contributed by atoms with Crippen LogP contribution in [0, 0.1) is 0 Å². The van der Waals surface area contributed by atoms with Gasteiger partial charge in [-0.25, -0.2) is 0 Å². The third kappa shape index (κ3) is 3.33. The highest BCUT2D eigenvalue weighted by Gasteiger charge is 2.03. The molecule has 14 heavy (non-hydrogen) atoms. The molecule has 0 fully saturated rings. The van der Waals surface area contributed by atoms with Gasteiger partial charge in [-0.15, -0.1) is 0 Å². The summed E-state index contributed by atoms with van der Waals surface area (Å²) in [5, 5.41) is 0.662. The van der Waals surface area contributed by atoms with Gasteiger partial charge in [0.1, 0.15) is 12.4 Å². The number of rotatable bonds is 4. The largest absolute Gasteiger partial charge is 0.488 e. The van der Waals surface area contributed by atoms with E-state index in [1.54, 1.807) is 18.2 Å². The maximum absolute atomic E-state index is 5.82. The van der Waals surface area contributed by atoms with E-state index < -0.39 is 0 Å². The molecular formula is C10H11BrClNO. The predicted octanol–water partition coefficient (Wildman–Crippen LogP) is 3.09. The van der Waals surface area contributed by atoms with Gasteiger partial charge in [0.15, 0.2) is 0 Å². The highest BCUT2D eigenvalue weighted by atomic mass is 79.9. The molecule has 0 amide bonds. The molecule has 0 radical (unpaired) electrons. The van der Waals surface area contributed by atoms with Gasteiger partial charge in [0.2, 0.25) is 0 Å². The van der Waals surface area contributed by atoms with Crippen LogP contribution in [0.3, 0.4) is 0 Å². The molecule has 2 nitrogen and oxygen atoms in total. The van der Waals surface area contributed by atoms with Crippen molar-refractivity contribution in [3.8, 4) is 5.75 Å². The zero-order chi connectivity index (χ0) is 10.6. The van der Waals surface area contributed by atoms with Crippen LogP contribution in [0.25, 0.3) is 0 Å². The summed E-state index contributed by atoms with van der Waals surface area (Å²) in [4.78, 5) is 0. The molecule has 0 aromatic heterocycles. The maximum Gasteiger partial charge on any atom is 0.124 e. The number of halogens is 2. The van der Waals surface area contributed by atoms with Crippen LogP contribution in [-0.4, -0.2) is 6.61 Å². The molecule has 0 aliphatic heterocycles. The second-order valence-electron chi connectivity index (χ2n) is 2.76. The Morgan fingerprint density at radius 3 is 2.86 bits per heavy atom. The molecule has 1 rings (SSSR count). The van der Waals surface area contributed by atoms with Gasteiger partial charge in [-0.05, 0) is 18.2 Å². The first-order valence-electron chi connectivity index (χ1n) is 4.08. The third-order valence-corrected chi connectivity index (χ3v) is 2.09. The van der Waals surface area contributed by atoms with Gasteiger partial charge in [0.25, 0.3) is 0 Å². The van der Waals surface area contributed by atoms with Crippen LogP contribution in [0.4, 0.5) is 0 Å². The van der Waals surface area contributed by atoms with Crippen molar-refractivity contribution in [1.29, 1.82) is 0 Å². The Hall–Kier alpha value is -0.510. The van der Waals surface area contributed by atoms with Gasteiger partial charge in [-0.3, -0.25) is 0 Å². The number of benzene rings is 1. The molecule has 76 valence electrons. The van der Waals surface area contributed by atoms with E-state index in [1.165, 1.54) is 0 Å². The van der Waals surface area contributed by atoms with Crippen molar-refractivity contribution in [3.63, 3.8) is 0 Å². The Kier molecular flexibility index (Phi) is 4.45. The van der Waals surface area contributed by atoms with Crippen molar-refractivity contribution < 1.29 is 4.74 Å². The Balaban J connectivity index is 2.80. The highest BCUT2D eigenvalue weighted by Crippen LogP contribution is 2.23. The monoisotopic (exact) mass is 275 g/mol. The molecule has 0 aliphatic carbocycles. The summed E-state index contributed by atoms with van der Waals surface area (Å²) >= 11 is 9.04. The maximum atomic E-state index is 5.82. The molecule has 0 heterocycles. The summed E-state index contributed by atoms with van der Waals surface area (Å²) < 4.78 is 6.25. The molecule has 2 N–H and O–H groups in total. The predicted molar refractivity (Wildman–Crippen MR) is 62.9 cm³/mol. The van der Waals surface area contributed by atoms with E-state index in [2.05, 4.69) is 22.5 Å². The molecule has 0 saturated carbocycles. The average Bonchev–Trinajstić information content (AvgIpc) is 2.15. The van der Waals surface area contributed by atoms with Crippen molar-refractivity contribution in [2.24, 2.45) is 5.73 Å². The minimum Gasteiger partial charge on any atom is -0.488 e. The standard InChI is InChI=1S/C10H11BrClNO/c1-7(11)6-14-10-3-2-9(12)4-8(10)5-13/h2-4H,1,5-6,13H2. The van der Waals surface area contributed by atoms with Gasteiger partial charge < -0.3 is 10.5 Å². The number of hydrogen-bond donors (Lipinski definition) is 1. The summed E-state index contributed by atoms with van der Waals surface area (Å²) in [6.07, 6.45) is 0. The average molecular weight is 277 g/mol. The second kappa shape index (κ2) is 5.39. The molecule has 0 spiro atoms. The quantitative estimate of drug-likeness (QED) is 0.917. The Labute approximate surface area is 96.8 Å². The minimum atomic E-state index is 0.407. The van der Waals surface area contributed by atoms with E-state index in [0.29, 0.717) is 18.2 Å². The van der Waals surface area contributed by atoms with Crippen molar-refractivity contribution in [2.45, 2.75) is 6.54 Å². The first-order valence-corrected chi connectivity index (χ1v) is 5.25. The zero-order valence-electron chi connectivity index (χ0n) is 7.59. The van der Waals surface area contributed by atoms with Gasteiger partial charge in [0, 0.05) is 21.6 Å². The van der Waals surface area contributed by atoms with Crippen molar-refractivity contribution in [1.82, 2.24) is 0 Å². The summed E-state index contributed by atoms with van der Waals surface area (Å²) in [5.41, 5.74) is 6.45. The van der Waals surface area contributed by atoms with Crippen LogP contribution in [0.2, 0.25) is 5.02 Å². The lowest BCUT2D eigenvalue weighted by Crippen LogP contribution is -2.03. The smallest absolute Gasteiger partial charge is 0.124 e. The van der Waals surface area contributed by atoms with E-state index >= 15 is 0 Å². The molecular weight excluding hydrogens is 265 g/mol. The van der Waals surface area contributed by atoms with Crippen LogP contribution < -0.4 is 10.5 Å². The lowest BCUT2D eigenvalue weighted by Gasteiger charge is -2.09. The molecule has 0 bridgehead atoms.